The summed E-state index contributed by atoms with van der Waals surface area (Å²) in [6, 6.07) is -0.696. The Morgan fingerprint density at radius 3 is 1.13 bits per heavy atom. The normalized spacial score (nSPS) is 13.2. The van der Waals surface area contributed by atoms with E-state index in [4.69, 9.17) is 4.74 Å². The third-order valence-electron chi connectivity index (χ3n) is 13.3. The van der Waals surface area contributed by atoms with Gasteiger partial charge in [0.05, 0.1) is 25.2 Å². The largest absolute Gasteiger partial charge is 0.462 e. The first kappa shape index (κ1) is 61.6. The average molecular weight is 891 g/mol. The highest BCUT2D eigenvalue weighted by Crippen LogP contribution is 2.19. The summed E-state index contributed by atoms with van der Waals surface area (Å²) in [7, 11) is 0. The Hall–Kier alpha value is -1.40. The van der Waals surface area contributed by atoms with Gasteiger partial charge in [0.15, 0.2) is 0 Å². The van der Waals surface area contributed by atoms with Gasteiger partial charge >= 0.3 is 5.97 Å². The number of amides is 1. The number of unbranched alkanes of at least 4 members (excludes halogenated alkanes) is 38. The van der Waals surface area contributed by atoms with Gasteiger partial charge in [0, 0.05) is 6.42 Å². The molecule has 0 aliphatic heterocycles. The van der Waals surface area contributed by atoms with E-state index in [-0.39, 0.29) is 24.9 Å². The molecule has 0 aliphatic carbocycles. The molecule has 0 aromatic heterocycles. The van der Waals surface area contributed by atoms with Crippen molar-refractivity contribution < 1.29 is 24.5 Å². The number of rotatable bonds is 52. The molecule has 0 saturated carbocycles. The number of hydrogen-bond donors (Lipinski definition) is 3. The maximum atomic E-state index is 13.2. The van der Waals surface area contributed by atoms with E-state index in [0.29, 0.717) is 19.3 Å². The second-order valence-electron chi connectivity index (χ2n) is 19.7. The number of ether oxygens (including phenoxy) is 1. The molecule has 0 spiro atoms. The van der Waals surface area contributed by atoms with Gasteiger partial charge < -0.3 is 20.3 Å². The summed E-state index contributed by atoms with van der Waals surface area (Å²) in [5.41, 5.74) is 0. The molecule has 0 rings (SSSR count). The van der Waals surface area contributed by atoms with Crippen LogP contribution in [0.1, 0.15) is 316 Å². The minimum atomic E-state index is -0.783. The monoisotopic (exact) mass is 890 g/mol. The van der Waals surface area contributed by atoms with Crippen molar-refractivity contribution in [2.24, 2.45) is 0 Å². The van der Waals surface area contributed by atoms with Crippen molar-refractivity contribution in [2.45, 2.75) is 334 Å². The molecule has 0 fully saturated rings. The first-order valence-corrected chi connectivity index (χ1v) is 28.4. The van der Waals surface area contributed by atoms with Crippen LogP contribution in [0, 0.1) is 0 Å². The fourth-order valence-electron chi connectivity index (χ4n) is 9.02. The zero-order chi connectivity index (χ0) is 45.9. The number of hydrogen-bond acceptors (Lipinski definition) is 5. The van der Waals surface area contributed by atoms with Gasteiger partial charge in [0.25, 0.3) is 0 Å². The minimum absolute atomic E-state index is 0.0811. The molecular weight excluding hydrogens is 779 g/mol. The molecule has 1 amide bonds. The van der Waals surface area contributed by atoms with Crippen molar-refractivity contribution in [1.29, 1.82) is 0 Å². The Labute approximate surface area is 393 Å². The molecule has 0 aliphatic rings. The highest BCUT2D eigenvalue weighted by molar-refractivity contribution is 5.77. The van der Waals surface area contributed by atoms with Gasteiger partial charge in [-0.3, -0.25) is 9.59 Å². The number of aliphatic hydroxyl groups excluding tert-OH is 2. The van der Waals surface area contributed by atoms with E-state index in [1.54, 1.807) is 0 Å². The summed E-state index contributed by atoms with van der Waals surface area (Å²) in [5.74, 6) is -0.466. The van der Waals surface area contributed by atoms with Crippen molar-refractivity contribution in [3.05, 3.63) is 12.2 Å². The van der Waals surface area contributed by atoms with Crippen molar-refractivity contribution in [3.8, 4) is 0 Å². The Bertz CT molecular complexity index is 955. The fourth-order valence-corrected chi connectivity index (χ4v) is 9.02. The zero-order valence-electron chi connectivity index (χ0n) is 42.7. The van der Waals surface area contributed by atoms with Crippen molar-refractivity contribution in [1.82, 2.24) is 5.32 Å². The van der Waals surface area contributed by atoms with Crippen molar-refractivity contribution in [2.75, 3.05) is 6.61 Å². The zero-order valence-corrected chi connectivity index (χ0v) is 42.7. The van der Waals surface area contributed by atoms with Crippen LogP contribution in [-0.2, 0) is 14.3 Å². The second kappa shape index (κ2) is 51.6. The highest BCUT2D eigenvalue weighted by Gasteiger charge is 2.24. The minimum Gasteiger partial charge on any atom is -0.462 e. The predicted molar refractivity (Wildman–Crippen MR) is 273 cm³/mol. The van der Waals surface area contributed by atoms with E-state index in [1.165, 1.54) is 218 Å². The smallest absolute Gasteiger partial charge is 0.306 e. The van der Waals surface area contributed by atoms with Gasteiger partial charge in [-0.05, 0) is 51.4 Å². The van der Waals surface area contributed by atoms with Crippen LogP contribution < -0.4 is 5.32 Å². The van der Waals surface area contributed by atoms with E-state index >= 15 is 0 Å². The van der Waals surface area contributed by atoms with Gasteiger partial charge in [0.2, 0.25) is 5.91 Å². The SMILES string of the molecule is CCCCCCCCCCC/C=C/CCCCCCCC(=O)OC(CCCCCCCCCCC)CC(=O)NC(CO)C(O)CCCCCCCCCCCCCCCCCCC. The number of carbonyl (C=O) groups excluding carboxylic acids is 2. The Morgan fingerprint density at radius 1 is 0.444 bits per heavy atom. The van der Waals surface area contributed by atoms with Gasteiger partial charge in [-0.2, -0.15) is 0 Å². The summed E-state index contributed by atoms with van der Waals surface area (Å²) < 4.78 is 5.93. The lowest BCUT2D eigenvalue weighted by molar-refractivity contribution is -0.151. The van der Waals surface area contributed by atoms with Crippen molar-refractivity contribution in [3.63, 3.8) is 0 Å². The Balaban J connectivity index is 4.36. The van der Waals surface area contributed by atoms with Crippen LogP contribution >= 0.6 is 0 Å². The van der Waals surface area contributed by atoms with Gasteiger partial charge in [-0.1, -0.05) is 264 Å². The maximum Gasteiger partial charge on any atom is 0.306 e. The van der Waals surface area contributed by atoms with Crippen LogP contribution in [0.3, 0.4) is 0 Å². The lowest BCUT2D eigenvalue weighted by Crippen LogP contribution is -2.46. The lowest BCUT2D eigenvalue weighted by atomic mass is 10.0. The van der Waals surface area contributed by atoms with Crippen LogP contribution in [0.5, 0.6) is 0 Å². The first-order valence-electron chi connectivity index (χ1n) is 28.4. The van der Waals surface area contributed by atoms with Gasteiger partial charge in [0.1, 0.15) is 6.10 Å². The van der Waals surface area contributed by atoms with Crippen LogP contribution in [0.15, 0.2) is 12.2 Å². The molecule has 3 atom stereocenters. The lowest BCUT2D eigenvalue weighted by Gasteiger charge is -2.24. The molecule has 3 unspecified atom stereocenters. The van der Waals surface area contributed by atoms with Crippen LogP contribution in [0.2, 0.25) is 0 Å². The molecule has 6 nitrogen and oxygen atoms in total. The van der Waals surface area contributed by atoms with E-state index < -0.39 is 18.2 Å². The quantitative estimate of drug-likeness (QED) is 0.0321. The molecule has 3 N–H and O–H groups in total. The number of aliphatic hydroxyl groups is 2. The van der Waals surface area contributed by atoms with Gasteiger partial charge in [-0.15, -0.1) is 0 Å². The van der Waals surface area contributed by atoms with Gasteiger partial charge in [-0.25, -0.2) is 0 Å². The molecule has 63 heavy (non-hydrogen) atoms. The standard InChI is InChI=1S/C57H111NO5/c1-4-7-10-13-16-19-21-23-25-27-29-31-33-35-38-41-44-47-50-57(62)63-53(48-45-42-39-36-18-15-12-9-6-3)51-56(61)58-54(52-59)55(60)49-46-43-40-37-34-32-30-28-26-24-22-20-17-14-11-8-5-2/h29,31,53-55,59-60H,4-28,30,32-52H2,1-3H3,(H,58,61)/b31-29+. The number of carbonyl (C=O) groups is 2. The third-order valence-corrected chi connectivity index (χ3v) is 13.3. The summed E-state index contributed by atoms with van der Waals surface area (Å²) in [6.07, 6.45) is 58.6. The summed E-state index contributed by atoms with van der Waals surface area (Å²) in [6.45, 7) is 6.51. The number of nitrogens with one attached hydrogen (secondary N) is 1. The van der Waals surface area contributed by atoms with E-state index in [0.717, 1.165) is 51.4 Å². The number of esters is 1. The molecule has 0 aromatic rings. The van der Waals surface area contributed by atoms with Crippen LogP contribution in [-0.4, -0.2) is 46.9 Å². The Morgan fingerprint density at radius 2 is 0.762 bits per heavy atom. The number of allylic oxidation sites excluding steroid dienone is 2. The van der Waals surface area contributed by atoms with E-state index in [2.05, 4.69) is 38.2 Å². The van der Waals surface area contributed by atoms with E-state index in [1.807, 2.05) is 0 Å². The summed E-state index contributed by atoms with van der Waals surface area (Å²) in [4.78, 5) is 26.2. The predicted octanol–water partition coefficient (Wildman–Crippen LogP) is 17.3. The van der Waals surface area contributed by atoms with Crippen LogP contribution in [0.25, 0.3) is 0 Å². The average Bonchev–Trinajstić information content (AvgIpc) is 3.28. The molecule has 6 heteroatoms. The molecular formula is C57H111NO5. The molecule has 0 bridgehead atoms. The molecule has 0 heterocycles. The second-order valence-corrected chi connectivity index (χ2v) is 19.7. The molecule has 0 aromatic carbocycles. The Kier molecular flexibility index (Phi) is 50.4. The fraction of sp³-hybridized carbons (Fsp3) is 0.930. The van der Waals surface area contributed by atoms with Crippen molar-refractivity contribution >= 4 is 11.9 Å². The molecule has 374 valence electrons. The van der Waals surface area contributed by atoms with Crippen LogP contribution in [0.4, 0.5) is 0 Å². The summed E-state index contributed by atoms with van der Waals surface area (Å²) in [5, 5.41) is 23.8. The highest BCUT2D eigenvalue weighted by atomic mass is 16.5. The molecule has 0 saturated heterocycles. The maximum absolute atomic E-state index is 13.2. The van der Waals surface area contributed by atoms with E-state index in [9.17, 15) is 19.8 Å². The third kappa shape index (κ3) is 46.9. The molecule has 0 radical (unpaired) electrons. The first-order chi connectivity index (χ1) is 31.0. The summed E-state index contributed by atoms with van der Waals surface area (Å²) >= 11 is 0. The topological polar surface area (TPSA) is 95.9 Å².